The molecular weight excluding hydrogens is 324 g/mol. The molecule has 0 unspecified atom stereocenters. The maximum Gasteiger partial charge on any atom is 0.411 e. The SMILES string of the molecule is COC(=O)c1ccc(N2CCN(C(=O)OC(C)(C)C)[C@H](C#N)C2)cn1. The van der Waals surface area contributed by atoms with E-state index in [2.05, 4.69) is 15.8 Å². The van der Waals surface area contributed by atoms with Crippen LogP contribution >= 0.6 is 0 Å². The number of hydrogen-bond acceptors (Lipinski definition) is 7. The van der Waals surface area contributed by atoms with Gasteiger partial charge in [-0.05, 0) is 32.9 Å². The lowest BCUT2D eigenvalue weighted by molar-refractivity contribution is 0.0189. The van der Waals surface area contributed by atoms with Crippen LogP contribution in [-0.4, -0.2) is 60.3 Å². The van der Waals surface area contributed by atoms with E-state index in [1.54, 1.807) is 39.1 Å². The molecule has 8 nitrogen and oxygen atoms in total. The molecule has 2 heterocycles. The number of carbonyl (C=O) groups excluding carboxylic acids is 2. The number of nitrogens with zero attached hydrogens (tertiary/aromatic N) is 4. The lowest BCUT2D eigenvalue weighted by Gasteiger charge is -2.39. The van der Waals surface area contributed by atoms with Gasteiger partial charge >= 0.3 is 12.1 Å². The summed E-state index contributed by atoms with van der Waals surface area (Å²) < 4.78 is 9.98. The quantitative estimate of drug-likeness (QED) is 0.754. The van der Waals surface area contributed by atoms with E-state index in [0.717, 1.165) is 5.69 Å². The normalized spacial score (nSPS) is 17.6. The van der Waals surface area contributed by atoms with Gasteiger partial charge in [0.15, 0.2) is 0 Å². The fraction of sp³-hybridized carbons (Fsp3) is 0.529. The van der Waals surface area contributed by atoms with E-state index < -0.39 is 23.7 Å². The molecule has 1 aromatic rings. The van der Waals surface area contributed by atoms with E-state index in [1.807, 2.05) is 4.90 Å². The molecule has 0 radical (unpaired) electrons. The number of aromatic nitrogens is 1. The Labute approximate surface area is 146 Å². The molecule has 1 atom stereocenters. The van der Waals surface area contributed by atoms with Crippen LogP contribution in [0, 0.1) is 11.3 Å². The Morgan fingerprint density at radius 1 is 1.32 bits per heavy atom. The summed E-state index contributed by atoms with van der Waals surface area (Å²) in [6, 6.07) is 4.85. The highest BCUT2D eigenvalue weighted by Gasteiger charge is 2.33. The van der Waals surface area contributed by atoms with Crippen molar-refractivity contribution in [1.29, 1.82) is 5.26 Å². The molecule has 1 saturated heterocycles. The van der Waals surface area contributed by atoms with Crippen LogP contribution in [0.15, 0.2) is 18.3 Å². The van der Waals surface area contributed by atoms with Crippen LogP contribution in [0.1, 0.15) is 31.3 Å². The molecule has 0 N–H and O–H groups in total. The summed E-state index contributed by atoms with van der Waals surface area (Å²) >= 11 is 0. The van der Waals surface area contributed by atoms with Gasteiger partial charge in [0.25, 0.3) is 0 Å². The van der Waals surface area contributed by atoms with Crippen LogP contribution in [0.25, 0.3) is 0 Å². The smallest absolute Gasteiger partial charge is 0.411 e. The summed E-state index contributed by atoms with van der Waals surface area (Å²) in [4.78, 5) is 31.1. The third kappa shape index (κ3) is 4.59. The van der Waals surface area contributed by atoms with Crippen LogP contribution < -0.4 is 4.90 Å². The first-order chi connectivity index (χ1) is 11.7. The predicted octanol–water partition coefficient (Wildman–Crippen LogP) is 1.82. The van der Waals surface area contributed by atoms with E-state index in [0.29, 0.717) is 19.6 Å². The van der Waals surface area contributed by atoms with Crippen LogP contribution in [0.3, 0.4) is 0 Å². The number of anilines is 1. The number of amides is 1. The van der Waals surface area contributed by atoms with E-state index >= 15 is 0 Å². The van der Waals surface area contributed by atoms with Gasteiger partial charge in [-0.3, -0.25) is 4.90 Å². The molecular formula is C17H22N4O4. The monoisotopic (exact) mass is 346 g/mol. The molecule has 0 saturated carbocycles. The summed E-state index contributed by atoms with van der Waals surface area (Å²) in [5.41, 5.74) is 0.384. The van der Waals surface area contributed by atoms with E-state index in [-0.39, 0.29) is 5.69 Å². The van der Waals surface area contributed by atoms with Crippen LogP contribution in [0.4, 0.5) is 10.5 Å². The first-order valence-electron chi connectivity index (χ1n) is 7.93. The van der Waals surface area contributed by atoms with Crippen molar-refractivity contribution in [1.82, 2.24) is 9.88 Å². The number of esters is 1. The minimum absolute atomic E-state index is 0.218. The standard InChI is InChI=1S/C17H22N4O4/c1-17(2,3)25-16(23)21-8-7-20(11-13(21)9-18)12-5-6-14(19-10-12)15(22)24-4/h5-6,10,13H,7-8,11H2,1-4H3/t13-/m1/s1. The van der Waals surface area contributed by atoms with Gasteiger partial charge in [-0.15, -0.1) is 0 Å². The van der Waals surface area contributed by atoms with Crippen molar-refractivity contribution < 1.29 is 19.1 Å². The summed E-state index contributed by atoms with van der Waals surface area (Å²) in [7, 11) is 1.30. The van der Waals surface area contributed by atoms with Crippen molar-refractivity contribution >= 4 is 17.7 Å². The lowest BCUT2D eigenvalue weighted by atomic mass is 10.1. The van der Waals surface area contributed by atoms with Crippen molar-refractivity contribution in [3.8, 4) is 6.07 Å². The molecule has 134 valence electrons. The Hall–Kier alpha value is -2.82. The van der Waals surface area contributed by atoms with Gasteiger partial charge in [0.1, 0.15) is 17.3 Å². The maximum absolute atomic E-state index is 12.2. The number of ether oxygens (including phenoxy) is 2. The molecule has 1 aliphatic heterocycles. The fourth-order valence-electron chi connectivity index (χ4n) is 2.47. The zero-order chi connectivity index (χ0) is 18.6. The van der Waals surface area contributed by atoms with Gasteiger partial charge in [-0.2, -0.15) is 5.26 Å². The Morgan fingerprint density at radius 3 is 2.56 bits per heavy atom. The number of rotatable bonds is 2. The summed E-state index contributed by atoms with van der Waals surface area (Å²) in [6.45, 7) is 6.61. The minimum atomic E-state index is -0.621. The van der Waals surface area contributed by atoms with E-state index in [1.165, 1.54) is 12.0 Å². The lowest BCUT2D eigenvalue weighted by Crippen LogP contribution is -2.55. The molecule has 0 spiro atoms. The van der Waals surface area contributed by atoms with Gasteiger partial charge in [0.2, 0.25) is 0 Å². The Bertz CT molecular complexity index is 675. The van der Waals surface area contributed by atoms with Crippen molar-refractivity contribution in [3.63, 3.8) is 0 Å². The third-order valence-electron chi connectivity index (χ3n) is 3.66. The van der Waals surface area contributed by atoms with Gasteiger partial charge in [-0.1, -0.05) is 0 Å². The predicted molar refractivity (Wildman–Crippen MR) is 90.1 cm³/mol. The first kappa shape index (κ1) is 18.5. The Morgan fingerprint density at radius 2 is 2.04 bits per heavy atom. The van der Waals surface area contributed by atoms with Crippen molar-refractivity contribution in [3.05, 3.63) is 24.0 Å². The number of piperazine rings is 1. The molecule has 0 aromatic carbocycles. The van der Waals surface area contributed by atoms with Crippen LogP contribution in [-0.2, 0) is 9.47 Å². The highest BCUT2D eigenvalue weighted by molar-refractivity contribution is 5.87. The van der Waals surface area contributed by atoms with Crippen molar-refractivity contribution in [2.45, 2.75) is 32.4 Å². The molecule has 1 fully saturated rings. The Balaban J connectivity index is 2.07. The number of methoxy groups -OCH3 is 1. The zero-order valence-corrected chi connectivity index (χ0v) is 14.9. The second-order valence-corrected chi connectivity index (χ2v) is 6.66. The van der Waals surface area contributed by atoms with Gasteiger partial charge < -0.3 is 14.4 Å². The Kier molecular flexibility index (Phi) is 5.47. The van der Waals surface area contributed by atoms with E-state index in [9.17, 15) is 14.9 Å². The van der Waals surface area contributed by atoms with E-state index in [4.69, 9.17) is 4.74 Å². The number of pyridine rings is 1. The summed E-state index contributed by atoms with van der Waals surface area (Å²) in [5.74, 6) is -0.504. The summed E-state index contributed by atoms with van der Waals surface area (Å²) in [5, 5.41) is 9.42. The van der Waals surface area contributed by atoms with Gasteiger partial charge in [0, 0.05) is 13.1 Å². The van der Waals surface area contributed by atoms with Gasteiger partial charge in [-0.25, -0.2) is 14.6 Å². The zero-order valence-electron chi connectivity index (χ0n) is 14.9. The molecule has 1 aliphatic rings. The molecule has 25 heavy (non-hydrogen) atoms. The van der Waals surface area contributed by atoms with Crippen LogP contribution in [0.5, 0.6) is 0 Å². The number of nitriles is 1. The van der Waals surface area contributed by atoms with Crippen molar-refractivity contribution in [2.75, 3.05) is 31.6 Å². The molecule has 2 rings (SSSR count). The second kappa shape index (κ2) is 7.38. The number of carbonyl (C=O) groups is 2. The third-order valence-corrected chi connectivity index (χ3v) is 3.66. The highest BCUT2D eigenvalue weighted by Crippen LogP contribution is 2.20. The van der Waals surface area contributed by atoms with Crippen molar-refractivity contribution in [2.24, 2.45) is 0 Å². The second-order valence-electron chi connectivity index (χ2n) is 6.66. The molecule has 0 bridgehead atoms. The number of hydrogen-bond donors (Lipinski definition) is 0. The molecule has 8 heteroatoms. The minimum Gasteiger partial charge on any atom is -0.464 e. The molecule has 0 aliphatic carbocycles. The average molecular weight is 346 g/mol. The highest BCUT2D eigenvalue weighted by atomic mass is 16.6. The topological polar surface area (TPSA) is 95.8 Å². The maximum atomic E-state index is 12.2. The van der Waals surface area contributed by atoms with Gasteiger partial charge in [0.05, 0.1) is 31.6 Å². The summed E-state index contributed by atoms with van der Waals surface area (Å²) in [6.07, 6.45) is 1.07. The largest absolute Gasteiger partial charge is 0.464 e. The fourth-order valence-corrected chi connectivity index (χ4v) is 2.47. The molecule has 1 aromatic heterocycles. The molecule has 1 amide bonds. The average Bonchev–Trinajstić information content (AvgIpc) is 2.59. The van der Waals surface area contributed by atoms with Crippen LogP contribution in [0.2, 0.25) is 0 Å². The first-order valence-corrected chi connectivity index (χ1v) is 7.93.